The van der Waals surface area contributed by atoms with Crippen LogP contribution in [0.5, 0.6) is 0 Å². The zero-order chi connectivity index (χ0) is 17.3. The summed E-state index contributed by atoms with van der Waals surface area (Å²) in [6.07, 6.45) is 0. The third-order valence-electron chi connectivity index (χ3n) is 4.40. The third-order valence-corrected chi connectivity index (χ3v) is 4.93. The van der Waals surface area contributed by atoms with Crippen molar-refractivity contribution in [2.75, 3.05) is 19.0 Å². The first kappa shape index (κ1) is 16.7. The summed E-state index contributed by atoms with van der Waals surface area (Å²) in [6.45, 7) is 2.15. The summed E-state index contributed by atoms with van der Waals surface area (Å²) >= 11 is 3.51. The molecule has 3 rings (SSSR count). The van der Waals surface area contributed by atoms with Crippen LogP contribution in [0.2, 0.25) is 0 Å². The van der Waals surface area contributed by atoms with Crippen LogP contribution in [0.15, 0.2) is 65.1 Å². The SMILES string of the molecule is Cc1cc(-c2ccc(N(C)C)cc2)cc(-c2ccc(Br)cc2)[n+]1C. The molecule has 0 spiro atoms. The minimum Gasteiger partial charge on any atom is -0.378 e. The van der Waals surface area contributed by atoms with Crippen LogP contribution in [0.1, 0.15) is 5.69 Å². The van der Waals surface area contributed by atoms with Crippen LogP contribution in [-0.4, -0.2) is 14.1 Å². The molecule has 3 heteroatoms. The van der Waals surface area contributed by atoms with Gasteiger partial charge >= 0.3 is 0 Å². The minimum absolute atomic E-state index is 1.10. The Morgan fingerprint density at radius 3 is 1.96 bits per heavy atom. The predicted molar refractivity (Wildman–Crippen MR) is 105 cm³/mol. The fraction of sp³-hybridized carbons (Fsp3) is 0.190. The maximum absolute atomic E-state index is 3.51. The number of aromatic nitrogens is 1. The minimum atomic E-state index is 1.10. The van der Waals surface area contributed by atoms with E-state index in [0.717, 1.165) is 4.47 Å². The van der Waals surface area contributed by atoms with Crippen molar-refractivity contribution in [1.82, 2.24) is 0 Å². The Hall–Kier alpha value is -2.13. The molecule has 0 bridgehead atoms. The van der Waals surface area contributed by atoms with Crippen LogP contribution in [0.25, 0.3) is 22.4 Å². The highest BCUT2D eigenvalue weighted by atomic mass is 79.9. The van der Waals surface area contributed by atoms with E-state index in [4.69, 9.17) is 0 Å². The standard InChI is InChI=1S/C21H22BrN2/c1-15-13-18(16-7-11-20(12-8-16)23(2)3)14-21(24(15)4)17-5-9-19(22)10-6-17/h5-14H,1-4H3/q+1. The molecule has 0 aliphatic rings. The van der Waals surface area contributed by atoms with Crippen molar-refractivity contribution < 1.29 is 4.57 Å². The molecule has 122 valence electrons. The highest BCUT2D eigenvalue weighted by Gasteiger charge is 2.15. The Labute approximate surface area is 152 Å². The zero-order valence-corrected chi connectivity index (χ0v) is 16.1. The van der Waals surface area contributed by atoms with Gasteiger partial charge in [-0.25, -0.2) is 0 Å². The first-order chi connectivity index (χ1) is 11.5. The topological polar surface area (TPSA) is 7.12 Å². The van der Waals surface area contributed by atoms with E-state index in [1.54, 1.807) is 0 Å². The van der Waals surface area contributed by atoms with E-state index in [9.17, 15) is 0 Å². The summed E-state index contributed by atoms with van der Waals surface area (Å²) in [7, 11) is 6.24. The molecule has 0 saturated heterocycles. The second kappa shape index (κ2) is 6.78. The molecule has 2 nitrogen and oxygen atoms in total. The molecule has 0 saturated carbocycles. The molecule has 3 aromatic rings. The van der Waals surface area contributed by atoms with Crippen molar-refractivity contribution in [3.8, 4) is 22.4 Å². The summed E-state index contributed by atoms with van der Waals surface area (Å²) in [5, 5.41) is 0. The van der Waals surface area contributed by atoms with Crippen molar-refractivity contribution in [2.24, 2.45) is 7.05 Å². The van der Waals surface area contributed by atoms with Gasteiger partial charge in [-0.2, -0.15) is 4.57 Å². The molecular formula is C21H22BrN2+. The van der Waals surface area contributed by atoms with Crippen molar-refractivity contribution >= 4 is 21.6 Å². The molecule has 0 aliphatic heterocycles. The van der Waals surface area contributed by atoms with Crippen molar-refractivity contribution in [2.45, 2.75) is 6.92 Å². The molecule has 0 amide bonds. The average Bonchev–Trinajstić information content (AvgIpc) is 2.58. The Bertz CT molecular complexity index is 850. The molecule has 24 heavy (non-hydrogen) atoms. The van der Waals surface area contributed by atoms with Gasteiger partial charge in [0.15, 0.2) is 5.69 Å². The maximum atomic E-state index is 3.51. The van der Waals surface area contributed by atoms with Gasteiger partial charge in [-0.1, -0.05) is 28.1 Å². The van der Waals surface area contributed by atoms with E-state index in [1.807, 2.05) is 0 Å². The molecule has 0 radical (unpaired) electrons. The summed E-state index contributed by atoms with van der Waals surface area (Å²) in [5.41, 5.74) is 7.37. The lowest BCUT2D eigenvalue weighted by Gasteiger charge is -2.13. The van der Waals surface area contributed by atoms with Crippen LogP contribution in [-0.2, 0) is 7.05 Å². The van der Waals surface area contributed by atoms with E-state index in [2.05, 4.69) is 114 Å². The van der Waals surface area contributed by atoms with Gasteiger partial charge in [0.1, 0.15) is 7.05 Å². The van der Waals surface area contributed by atoms with Gasteiger partial charge in [0.2, 0.25) is 5.69 Å². The van der Waals surface area contributed by atoms with Crippen LogP contribution in [0.3, 0.4) is 0 Å². The number of nitrogens with zero attached hydrogens (tertiary/aromatic N) is 2. The second-order valence-electron chi connectivity index (χ2n) is 6.28. The summed E-state index contributed by atoms with van der Waals surface area (Å²) in [4.78, 5) is 2.12. The molecule has 1 heterocycles. The summed E-state index contributed by atoms with van der Waals surface area (Å²) in [6, 6.07) is 21.7. The van der Waals surface area contributed by atoms with E-state index in [-0.39, 0.29) is 0 Å². The fourth-order valence-electron chi connectivity index (χ4n) is 2.81. The van der Waals surface area contributed by atoms with Gasteiger partial charge in [-0.05, 0) is 47.5 Å². The Balaban J connectivity index is 2.08. The molecule has 0 atom stereocenters. The van der Waals surface area contributed by atoms with Crippen LogP contribution < -0.4 is 9.47 Å². The number of pyridine rings is 1. The average molecular weight is 382 g/mol. The quantitative estimate of drug-likeness (QED) is 0.580. The van der Waals surface area contributed by atoms with E-state index >= 15 is 0 Å². The number of aryl methyl sites for hydroxylation is 1. The highest BCUT2D eigenvalue weighted by Crippen LogP contribution is 2.27. The Morgan fingerprint density at radius 1 is 0.792 bits per heavy atom. The molecule has 0 aliphatic carbocycles. The van der Waals surface area contributed by atoms with Crippen LogP contribution in [0, 0.1) is 6.92 Å². The van der Waals surface area contributed by atoms with Crippen molar-refractivity contribution in [3.63, 3.8) is 0 Å². The first-order valence-corrected chi connectivity index (χ1v) is 8.79. The van der Waals surface area contributed by atoms with Gasteiger partial charge < -0.3 is 4.90 Å². The number of halogens is 1. The molecule has 1 aromatic heterocycles. The number of rotatable bonds is 3. The second-order valence-corrected chi connectivity index (χ2v) is 7.19. The zero-order valence-electron chi connectivity index (χ0n) is 14.5. The first-order valence-electron chi connectivity index (χ1n) is 8.00. The number of hydrogen-bond acceptors (Lipinski definition) is 1. The normalized spacial score (nSPS) is 10.7. The molecular weight excluding hydrogens is 360 g/mol. The van der Waals surface area contributed by atoms with E-state index in [1.165, 1.54) is 33.8 Å². The fourth-order valence-corrected chi connectivity index (χ4v) is 3.08. The number of anilines is 1. The lowest BCUT2D eigenvalue weighted by atomic mass is 10.0. The summed E-state index contributed by atoms with van der Waals surface area (Å²) < 4.78 is 3.34. The lowest BCUT2D eigenvalue weighted by Crippen LogP contribution is -2.34. The van der Waals surface area contributed by atoms with Gasteiger partial charge in [0.25, 0.3) is 0 Å². The predicted octanol–water partition coefficient (Wildman–Crippen LogP) is 4.98. The molecule has 0 fully saturated rings. The van der Waals surface area contributed by atoms with Gasteiger partial charge in [-0.15, -0.1) is 0 Å². The lowest BCUT2D eigenvalue weighted by molar-refractivity contribution is -0.666. The van der Waals surface area contributed by atoms with Gasteiger partial charge in [0, 0.05) is 48.9 Å². The largest absolute Gasteiger partial charge is 0.378 e. The Morgan fingerprint density at radius 2 is 1.38 bits per heavy atom. The third kappa shape index (κ3) is 3.36. The van der Waals surface area contributed by atoms with E-state index < -0.39 is 0 Å². The molecule has 0 N–H and O–H groups in total. The van der Waals surface area contributed by atoms with Gasteiger partial charge in [-0.3, -0.25) is 0 Å². The smallest absolute Gasteiger partial charge is 0.213 e. The van der Waals surface area contributed by atoms with Crippen molar-refractivity contribution in [1.29, 1.82) is 0 Å². The summed E-state index contributed by atoms with van der Waals surface area (Å²) in [5.74, 6) is 0. The molecule has 2 aromatic carbocycles. The highest BCUT2D eigenvalue weighted by molar-refractivity contribution is 9.10. The van der Waals surface area contributed by atoms with E-state index in [0.29, 0.717) is 0 Å². The van der Waals surface area contributed by atoms with Crippen LogP contribution in [0.4, 0.5) is 5.69 Å². The Kier molecular flexibility index (Phi) is 4.72. The number of hydrogen-bond donors (Lipinski definition) is 0. The maximum Gasteiger partial charge on any atom is 0.213 e. The molecule has 0 unspecified atom stereocenters. The van der Waals surface area contributed by atoms with Crippen molar-refractivity contribution in [3.05, 3.63) is 70.8 Å². The van der Waals surface area contributed by atoms with Crippen LogP contribution >= 0.6 is 15.9 Å². The monoisotopic (exact) mass is 381 g/mol. The number of benzene rings is 2. The van der Waals surface area contributed by atoms with Gasteiger partial charge in [0.05, 0.1) is 0 Å².